The average Bonchev–Trinajstić information content (AvgIpc) is 2.94. The Labute approximate surface area is 227 Å². The van der Waals surface area contributed by atoms with Crippen molar-refractivity contribution in [3.05, 3.63) is 94.6 Å². The Morgan fingerprint density at radius 3 is 2.08 bits per heavy atom. The maximum absolute atomic E-state index is 12.7. The topological polar surface area (TPSA) is 114 Å². The molecule has 9 heteroatoms. The highest BCUT2D eigenvalue weighted by Crippen LogP contribution is 2.33. The minimum absolute atomic E-state index is 0.142. The van der Waals surface area contributed by atoms with Gasteiger partial charge in [-0.3, -0.25) is 10.1 Å². The van der Waals surface area contributed by atoms with Crippen molar-refractivity contribution in [1.29, 1.82) is 0 Å². The van der Waals surface area contributed by atoms with Gasteiger partial charge >= 0.3 is 17.6 Å². The van der Waals surface area contributed by atoms with E-state index in [2.05, 4.69) is 6.58 Å². The summed E-state index contributed by atoms with van der Waals surface area (Å²) < 4.78 is 21.3. The fourth-order valence-corrected chi connectivity index (χ4v) is 3.59. The molecule has 0 unspecified atom stereocenters. The van der Waals surface area contributed by atoms with Gasteiger partial charge in [-0.05, 0) is 86.2 Å². The predicted octanol–water partition coefficient (Wildman–Crippen LogP) is 6.55. The maximum Gasteiger partial charge on any atom is 0.343 e. The number of carbonyl (C=O) groups is 2. The zero-order valence-corrected chi connectivity index (χ0v) is 22.0. The Morgan fingerprint density at radius 2 is 1.46 bits per heavy atom. The predicted molar refractivity (Wildman–Crippen MR) is 146 cm³/mol. The highest BCUT2D eigenvalue weighted by Gasteiger charge is 2.20. The summed E-state index contributed by atoms with van der Waals surface area (Å²) in [5.41, 5.74) is 1.68. The van der Waals surface area contributed by atoms with E-state index in [0.717, 1.165) is 31.2 Å². The van der Waals surface area contributed by atoms with Gasteiger partial charge in [0.15, 0.2) is 0 Å². The maximum atomic E-state index is 12.7. The van der Waals surface area contributed by atoms with Crippen molar-refractivity contribution in [1.82, 2.24) is 0 Å². The molecule has 0 saturated carbocycles. The Hall–Kier alpha value is -4.66. The SMILES string of the molecule is C=C(C)C(=O)OCCCCCCOc1ccc(C(=O)Oc2ccc(-c3ccc(OC)cc3)cc2[N+](=O)[O-])cc1. The number of rotatable bonds is 14. The van der Waals surface area contributed by atoms with E-state index in [9.17, 15) is 19.7 Å². The fraction of sp³-hybridized carbons (Fsp3) is 0.267. The molecule has 0 N–H and O–H groups in total. The molecule has 9 nitrogen and oxygen atoms in total. The molecule has 0 bridgehead atoms. The Morgan fingerprint density at radius 1 is 0.846 bits per heavy atom. The van der Waals surface area contributed by atoms with E-state index in [1.165, 1.54) is 12.1 Å². The minimum Gasteiger partial charge on any atom is -0.497 e. The van der Waals surface area contributed by atoms with Gasteiger partial charge in [0.1, 0.15) is 11.5 Å². The van der Waals surface area contributed by atoms with Crippen LogP contribution in [0.15, 0.2) is 78.9 Å². The van der Waals surface area contributed by atoms with Gasteiger partial charge < -0.3 is 18.9 Å². The van der Waals surface area contributed by atoms with E-state index in [1.807, 2.05) is 0 Å². The number of esters is 2. The quantitative estimate of drug-likeness (QED) is 0.0572. The van der Waals surface area contributed by atoms with E-state index in [-0.39, 0.29) is 23.0 Å². The van der Waals surface area contributed by atoms with Crippen LogP contribution in [-0.2, 0) is 9.53 Å². The van der Waals surface area contributed by atoms with Crippen molar-refractivity contribution in [3.8, 4) is 28.4 Å². The Balaban J connectivity index is 1.49. The molecule has 0 saturated heterocycles. The lowest BCUT2D eigenvalue weighted by molar-refractivity contribution is -0.385. The molecular formula is C30H31NO8. The van der Waals surface area contributed by atoms with Crippen molar-refractivity contribution < 1.29 is 33.5 Å². The van der Waals surface area contributed by atoms with Crippen molar-refractivity contribution in [2.45, 2.75) is 32.6 Å². The van der Waals surface area contributed by atoms with Crippen molar-refractivity contribution >= 4 is 17.6 Å². The summed E-state index contributed by atoms with van der Waals surface area (Å²) in [4.78, 5) is 35.1. The Bertz CT molecular complexity index is 1300. The van der Waals surface area contributed by atoms with Gasteiger partial charge in [0.2, 0.25) is 5.75 Å². The van der Waals surface area contributed by atoms with Gasteiger partial charge in [-0.1, -0.05) is 24.8 Å². The molecule has 0 spiro atoms. The highest BCUT2D eigenvalue weighted by atomic mass is 16.6. The average molecular weight is 534 g/mol. The number of unbranched alkanes of at least 4 members (excludes halogenated alkanes) is 3. The van der Waals surface area contributed by atoms with Gasteiger partial charge in [-0.15, -0.1) is 0 Å². The molecule has 0 radical (unpaired) electrons. The lowest BCUT2D eigenvalue weighted by atomic mass is 10.0. The molecule has 0 heterocycles. The standard InChI is InChI=1S/C30H31NO8/c1-21(2)29(32)38-19-7-5-4-6-18-37-26-15-10-23(11-16-26)30(33)39-28-17-12-24(20-27(28)31(34)35)22-8-13-25(36-3)14-9-22/h8-17,20H,1,4-7,18-19H2,2-3H3. The molecule has 3 aromatic rings. The van der Waals surface area contributed by atoms with Crippen LogP contribution < -0.4 is 14.2 Å². The van der Waals surface area contributed by atoms with Crippen LogP contribution in [0.25, 0.3) is 11.1 Å². The lowest BCUT2D eigenvalue weighted by Crippen LogP contribution is -2.10. The van der Waals surface area contributed by atoms with Gasteiger partial charge in [0.25, 0.3) is 0 Å². The highest BCUT2D eigenvalue weighted by molar-refractivity contribution is 5.92. The van der Waals surface area contributed by atoms with Gasteiger partial charge in [-0.25, -0.2) is 9.59 Å². The molecule has 0 aliphatic rings. The van der Waals surface area contributed by atoms with Crippen LogP contribution >= 0.6 is 0 Å². The third kappa shape index (κ3) is 8.70. The number of nitro groups is 1. The molecule has 0 amide bonds. The summed E-state index contributed by atoms with van der Waals surface area (Å²) in [5.74, 6) is 0.0421. The number of hydrogen-bond acceptors (Lipinski definition) is 8. The molecule has 0 aliphatic heterocycles. The molecule has 39 heavy (non-hydrogen) atoms. The summed E-state index contributed by atoms with van der Waals surface area (Å²) in [6.45, 7) is 6.03. The minimum atomic E-state index is -0.714. The van der Waals surface area contributed by atoms with Gasteiger partial charge in [0, 0.05) is 11.6 Å². The number of benzene rings is 3. The van der Waals surface area contributed by atoms with Crippen LogP contribution in [0, 0.1) is 10.1 Å². The fourth-order valence-electron chi connectivity index (χ4n) is 3.59. The number of ether oxygens (including phenoxy) is 4. The smallest absolute Gasteiger partial charge is 0.343 e. The van der Waals surface area contributed by atoms with Crippen molar-refractivity contribution in [3.63, 3.8) is 0 Å². The van der Waals surface area contributed by atoms with E-state index >= 15 is 0 Å². The second kappa shape index (κ2) is 14.3. The molecule has 0 atom stereocenters. The number of carbonyl (C=O) groups excluding carboxylic acids is 2. The van der Waals surface area contributed by atoms with E-state index in [1.54, 1.807) is 68.6 Å². The molecule has 204 valence electrons. The largest absolute Gasteiger partial charge is 0.497 e. The van der Waals surface area contributed by atoms with Gasteiger partial charge in [0.05, 0.1) is 30.8 Å². The summed E-state index contributed by atoms with van der Waals surface area (Å²) in [6.07, 6.45) is 3.43. The van der Waals surface area contributed by atoms with E-state index in [0.29, 0.717) is 35.8 Å². The van der Waals surface area contributed by atoms with Crippen LogP contribution in [0.2, 0.25) is 0 Å². The summed E-state index contributed by atoms with van der Waals surface area (Å²) in [7, 11) is 1.56. The third-order valence-electron chi connectivity index (χ3n) is 5.76. The monoisotopic (exact) mass is 533 g/mol. The molecule has 0 fully saturated rings. The van der Waals surface area contributed by atoms with Crippen LogP contribution in [0.1, 0.15) is 43.0 Å². The first-order chi connectivity index (χ1) is 18.8. The van der Waals surface area contributed by atoms with E-state index in [4.69, 9.17) is 18.9 Å². The van der Waals surface area contributed by atoms with Gasteiger partial charge in [-0.2, -0.15) is 0 Å². The lowest BCUT2D eigenvalue weighted by Gasteiger charge is -2.09. The molecule has 0 aliphatic carbocycles. The number of hydrogen-bond donors (Lipinski definition) is 0. The van der Waals surface area contributed by atoms with Crippen molar-refractivity contribution in [2.24, 2.45) is 0 Å². The second-order valence-corrected chi connectivity index (χ2v) is 8.76. The summed E-state index contributed by atoms with van der Waals surface area (Å²) >= 11 is 0. The zero-order valence-electron chi connectivity index (χ0n) is 22.0. The first-order valence-corrected chi connectivity index (χ1v) is 12.5. The Kier molecular flexibility index (Phi) is 10.6. The van der Waals surface area contributed by atoms with Crippen LogP contribution in [0.3, 0.4) is 0 Å². The molecular weight excluding hydrogens is 502 g/mol. The zero-order chi connectivity index (χ0) is 28.2. The molecule has 3 aromatic carbocycles. The summed E-state index contributed by atoms with van der Waals surface area (Å²) in [6, 6.07) is 17.9. The summed E-state index contributed by atoms with van der Waals surface area (Å²) in [5, 5.41) is 11.7. The first kappa shape index (κ1) is 28.9. The van der Waals surface area contributed by atoms with Crippen LogP contribution in [0.4, 0.5) is 5.69 Å². The van der Waals surface area contributed by atoms with E-state index < -0.39 is 10.9 Å². The van der Waals surface area contributed by atoms with Crippen LogP contribution in [0.5, 0.6) is 17.2 Å². The van der Waals surface area contributed by atoms with Crippen molar-refractivity contribution in [2.75, 3.05) is 20.3 Å². The number of methoxy groups -OCH3 is 1. The third-order valence-corrected chi connectivity index (χ3v) is 5.76. The molecule has 3 rings (SSSR count). The first-order valence-electron chi connectivity index (χ1n) is 12.5. The van der Waals surface area contributed by atoms with Crippen LogP contribution in [-0.4, -0.2) is 37.2 Å². The normalized spacial score (nSPS) is 10.4. The second-order valence-electron chi connectivity index (χ2n) is 8.76. The number of nitrogens with zero attached hydrogens (tertiary/aromatic N) is 1. The number of nitro benzene ring substituents is 1. The molecule has 0 aromatic heterocycles.